The lowest BCUT2D eigenvalue weighted by molar-refractivity contribution is 0.324. The van der Waals surface area contributed by atoms with Gasteiger partial charge in [0.15, 0.2) is 11.5 Å². The number of ether oxygens (including phenoxy) is 3. The van der Waals surface area contributed by atoms with Crippen LogP contribution in [-0.4, -0.2) is 31.5 Å². The fourth-order valence-corrected chi connectivity index (χ4v) is 2.59. The van der Waals surface area contributed by atoms with Crippen LogP contribution in [-0.2, 0) is 6.54 Å². The number of nitrogens with zero attached hydrogens (tertiary/aromatic N) is 1. The number of anilines is 1. The Hall–Kier alpha value is -3.15. The first kappa shape index (κ1) is 16.7. The van der Waals surface area contributed by atoms with Crippen LogP contribution in [0.2, 0.25) is 0 Å². The molecule has 0 saturated heterocycles. The second-order valence-corrected chi connectivity index (χ2v) is 5.42. The molecule has 1 aromatic heterocycles. The normalized spacial score (nSPS) is 10.4. The Morgan fingerprint density at radius 3 is 2.20 bits per heavy atom. The van der Waals surface area contributed by atoms with Crippen LogP contribution in [0.5, 0.6) is 17.2 Å². The van der Waals surface area contributed by atoms with Gasteiger partial charge in [0.05, 0.1) is 27.0 Å². The molecular formula is C19H21N3O3. The third-order valence-electron chi connectivity index (χ3n) is 3.87. The molecule has 0 radical (unpaired) electrons. The Labute approximate surface area is 146 Å². The molecule has 1 heterocycles. The minimum atomic E-state index is 0.565. The first-order valence-corrected chi connectivity index (χ1v) is 7.88. The van der Waals surface area contributed by atoms with Crippen molar-refractivity contribution in [3.63, 3.8) is 0 Å². The molecule has 130 valence electrons. The number of methoxy groups -OCH3 is 3. The quantitative estimate of drug-likeness (QED) is 0.687. The maximum absolute atomic E-state index is 5.40. The minimum absolute atomic E-state index is 0.565. The maximum atomic E-state index is 5.40. The monoisotopic (exact) mass is 339 g/mol. The zero-order valence-electron chi connectivity index (χ0n) is 14.5. The SMILES string of the molecule is COc1cc(-c2cc(NCc3ccccc3)n[nH]2)cc(OC)c1OC. The third-order valence-corrected chi connectivity index (χ3v) is 3.87. The van der Waals surface area contributed by atoms with Crippen LogP contribution in [0.25, 0.3) is 11.3 Å². The number of aromatic nitrogens is 2. The van der Waals surface area contributed by atoms with E-state index in [9.17, 15) is 0 Å². The van der Waals surface area contributed by atoms with Gasteiger partial charge in [0, 0.05) is 18.2 Å². The molecule has 0 spiro atoms. The molecule has 0 bridgehead atoms. The molecule has 25 heavy (non-hydrogen) atoms. The van der Waals surface area contributed by atoms with Gasteiger partial charge in [-0.1, -0.05) is 30.3 Å². The van der Waals surface area contributed by atoms with Gasteiger partial charge >= 0.3 is 0 Å². The Bertz CT molecular complexity index is 806. The van der Waals surface area contributed by atoms with Crippen LogP contribution < -0.4 is 19.5 Å². The van der Waals surface area contributed by atoms with Crippen molar-refractivity contribution in [2.24, 2.45) is 0 Å². The summed E-state index contributed by atoms with van der Waals surface area (Å²) in [5.74, 6) is 2.54. The number of benzene rings is 2. The van der Waals surface area contributed by atoms with E-state index >= 15 is 0 Å². The predicted molar refractivity (Wildman–Crippen MR) is 97.4 cm³/mol. The van der Waals surface area contributed by atoms with Crippen LogP contribution in [0.1, 0.15) is 5.56 Å². The van der Waals surface area contributed by atoms with E-state index in [1.807, 2.05) is 36.4 Å². The Kier molecular flexibility index (Phi) is 5.09. The Morgan fingerprint density at radius 1 is 0.920 bits per heavy atom. The van der Waals surface area contributed by atoms with Crippen molar-refractivity contribution in [2.45, 2.75) is 6.54 Å². The molecule has 2 aromatic carbocycles. The largest absolute Gasteiger partial charge is 0.493 e. The zero-order valence-corrected chi connectivity index (χ0v) is 14.5. The molecule has 2 N–H and O–H groups in total. The van der Waals surface area contributed by atoms with E-state index in [0.717, 1.165) is 17.1 Å². The number of aromatic amines is 1. The summed E-state index contributed by atoms with van der Waals surface area (Å²) in [6.45, 7) is 0.709. The van der Waals surface area contributed by atoms with E-state index in [2.05, 4.69) is 27.6 Å². The summed E-state index contributed by atoms with van der Waals surface area (Å²) in [7, 11) is 4.78. The Balaban J connectivity index is 1.82. The van der Waals surface area contributed by atoms with Crippen molar-refractivity contribution >= 4 is 5.82 Å². The molecule has 6 heteroatoms. The second kappa shape index (κ2) is 7.61. The average molecular weight is 339 g/mol. The maximum Gasteiger partial charge on any atom is 0.203 e. The van der Waals surface area contributed by atoms with Gasteiger partial charge < -0.3 is 19.5 Å². The van der Waals surface area contributed by atoms with Crippen LogP contribution in [0.3, 0.4) is 0 Å². The summed E-state index contributed by atoms with van der Waals surface area (Å²) >= 11 is 0. The van der Waals surface area contributed by atoms with Gasteiger partial charge in [-0.3, -0.25) is 5.10 Å². The highest BCUT2D eigenvalue weighted by Gasteiger charge is 2.15. The summed E-state index contributed by atoms with van der Waals surface area (Å²) < 4.78 is 16.1. The van der Waals surface area contributed by atoms with Gasteiger partial charge in [-0.25, -0.2) is 0 Å². The lowest BCUT2D eigenvalue weighted by Gasteiger charge is -2.13. The van der Waals surface area contributed by atoms with Crippen molar-refractivity contribution < 1.29 is 14.2 Å². The van der Waals surface area contributed by atoms with Crippen LogP contribution in [0.4, 0.5) is 5.82 Å². The van der Waals surface area contributed by atoms with Crippen LogP contribution >= 0.6 is 0 Å². The van der Waals surface area contributed by atoms with E-state index in [1.165, 1.54) is 5.56 Å². The van der Waals surface area contributed by atoms with Gasteiger partial charge in [0.25, 0.3) is 0 Å². The van der Waals surface area contributed by atoms with Gasteiger partial charge in [-0.15, -0.1) is 0 Å². The summed E-state index contributed by atoms with van der Waals surface area (Å²) in [5, 5.41) is 10.6. The van der Waals surface area contributed by atoms with Crippen molar-refractivity contribution in [1.29, 1.82) is 0 Å². The third kappa shape index (κ3) is 3.68. The summed E-state index contributed by atoms with van der Waals surface area (Å²) in [6.07, 6.45) is 0. The highest BCUT2D eigenvalue weighted by Crippen LogP contribution is 2.41. The van der Waals surface area contributed by atoms with E-state index < -0.39 is 0 Å². The molecule has 0 atom stereocenters. The number of hydrogen-bond acceptors (Lipinski definition) is 5. The average Bonchev–Trinajstić information content (AvgIpc) is 3.15. The molecular weight excluding hydrogens is 318 g/mol. The van der Waals surface area contributed by atoms with Crippen LogP contribution in [0, 0.1) is 0 Å². The van der Waals surface area contributed by atoms with Crippen molar-refractivity contribution in [3.8, 4) is 28.5 Å². The number of nitrogens with one attached hydrogen (secondary N) is 2. The highest BCUT2D eigenvalue weighted by atomic mass is 16.5. The minimum Gasteiger partial charge on any atom is -0.493 e. The fraction of sp³-hybridized carbons (Fsp3) is 0.211. The highest BCUT2D eigenvalue weighted by molar-refractivity contribution is 5.70. The fourth-order valence-electron chi connectivity index (χ4n) is 2.59. The lowest BCUT2D eigenvalue weighted by atomic mass is 10.1. The summed E-state index contributed by atoms with van der Waals surface area (Å²) in [4.78, 5) is 0. The predicted octanol–water partition coefficient (Wildman–Crippen LogP) is 3.71. The first-order valence-electron chi connectivity index (χ1n) is 7.88. The Morgan fingerprint density at radius 2 is 1.60 bits per heavy atom. The second-order valence-electron chi connectivity index (χ2n) is 5.42. The first-order chi connectivity index (χ1) is 12.2. The molecule has 0 amide bonds. The molecule has 3 rings (SSSR count). The lowest BCUT2D eigenvalue weighted by Crippen LogP contribution is -1.98. The molecule has 0 saturated carbocycles. The van der Waals surface area contributed by atoms with Gasteiger partial charge in [-0.05, 0) is 17.7 Å². The van der Waals surface area contributed by atoms with Gasteiger partial charge in [0.1, 0.15) is 5.82 Å². The molecule has 0 aliphatic rings. The molecule has 0 aliphatic carbocycles. The van der Waals surface area contributed by atoms with E-state index in [-0.39, 0.29) is 0 Å². The molecule has 0 fully saturated rings. The van der Waals surface area contributed by atoms with Crippen molar-refractivity contribution in [1.82, 2.24) is 10.2 Å². The summed E-state index contributed by atoms with van der Waals surface area (Å²) in [5.41, 5.74) is 2.95. The molecule has 0 aliphatic heterocycles. The molecule has 0 unspecified atom stereocenters. The molecule has 3 aromatic rings. The van der Waals surface area contributed by atoms with Gasteiger partial charge in [-0.2, -0.15) is 5.10 Å². The number of rotatable bonds is 7. The van der Waals surface area contributed by atoms with Crippen LogP contribution in [0.15, 0.2) is 48.5 Å². The number of hydrogen-bond donors (Lipinski definition) is 2. The molecule has 6 nitrogen and oxygen atoms in total. The van der Waals surface area contributed by atoms with Crippen molar-refractivity contribution in [2.75, 3.05) is 26.6 Å². The zero-order chi connectivity index (χ0) is 17.6. The van der Waals surface area contributed by atoms with E-state index in [4.69, 9.17) is 14.2 Å². The summed E-state index contributed by atoms with van der Waals surface area (Å²) in [6, 6.07) is 15.9. The smallest absolute Gasteiger partial charge is 0.203 e. The number of H-pyrrole nitrogens is 1. The standard InChI is InChI=1S/C19H21N3O3/c1-23-16-9-14(10-17(24-2)19(16)25-3)15-11-18(22-21-15)20-12-13-7-5-4-6-8-13/h4-11H,12H2,1-3H3,(H2,20,21,22). The van der Waals surface area contributed by atoms with Gasteiger partial charge in [0.2, 0.25) is 5.75 Å². The van der Waals surface area contributed by atoms with E-state index in [1.54, 1.807) is 21.3 Å². The van der Waals surface area contributed by atoms with Crippen molar-refractivity contribution in [3.05, 3.63) is 54.1 Å². The van der Waals surface area contributed by atoms with E-state index in [0.29, 0.717) is 23.8 Å². The topological polar surface area (TPSA) is 68.4 Å².